The number of benzene rings is 2. The van der Waals surface area contributed by atoms with E-state index < -0.39 is 6.04 Å². The number of hydrogen-bond donors (Lipinski definition) is 0. The van der Waals surface area contributed by atoms with Crippen molar-refractivity contribution in [1.82, 2.24) is 4.90 Å². The molecule has 0 saturated carbocycles. The van der Waals surface area contributed by atoms with Crippen LogP contribution in [0.5, 0.6) is 0 Å². The lowest BCUT2D eigenvalue weighted by atomic mass is 9.97. The number of aryl methyl sites for hydroxylation is 1. The molecule has 1 saturated heterocycles. The number of carbonyl (C=O) groups is 2. The SMILES string of the molecule is CCCc1ccc(-c2ccccc2C(=O)N2CSC[C@@H]2C(=O)OC)cc1. The molecule has 1 fully saturated rings. The zero-order chi connectivity index (χ0) is 18.5. The van der Waals surface area contributed by atoms with Crippen LogP contribution in [0.25, 0.3) is 11.1 Å². The Morgan fingerprint density at radius 2 is 1.88 bits per heavy atom. The van der Waals surface area contributed by atoms with Gasteiger partial charge >= 0.3 is 5.97 Å². The highest BCUT2D eigenvalue weighted by molar-refractivity contribution is 7.99. The third kappa shape index (κ3) is 3.78. The Kier molecular flexibility index (Phi) is 5.99. The van der Waals surface area contributed by atoms with Gasteiger partial charge in [0.25, 0.3) is 5.91 Å². The smallest absolute Gasteiger partial charge is 0.329 e. The fourth-order valence-electron chi connectivity index (χ4n) is 3.19. The van der Waals surface area contributed by atoms with E-state index in [4.69, 9.17) is 4.74 Å². The van der Waals surface area contributed by atoms with Gasteiger partial charge in [-0.15, -0.1) is 11.8 Å². The largest absolute Gasteiger partial charge is 0.467 e. The van der Waals surface area contributed by atoms with E-state index in [1.165, 1.54) is 12.7 Å². The molecule has 0 aliphatic carbocycles. The maximum absolute atomic E-state index is 13.1. The maximum Gasteiger partial charge on any atom is 0.329 e. The minimum atomic E-state index is -0.516. The summed E-state index contributed by atoms with van der Waals surface area (Å²) in [6.07, 6.45) is 2.16. The summed E-state index contributed by atoms with van der Waals surface area (Å²) in [4.78, 5) is 26.7. The van der Waals surface area contributed by atoms with Crippen molar-refractivity contribution in [3.8, 4) is 11.1 Å². The standard InChI is InChI=1S/C21H23NO3S/c1-3-6-15-9-11-16(12-10-15)17-7-4-5-8-18(17)20(23)22-14-26-13-19(22)21(24)25-2/h4-5,7-12,19H,3,6,13-14H2,1-2H3/t19-/m1/s1. The van der Waals surface area contributed by atoms with Crippen LogP contribution in [0.15, 0.2) is 48.5 Å². The second-order valence-corrected chi connectivity index (χ2v) is 7.31. The van der Waals surface area contributed by atoms with Gasteiger partial charge in [-0.05, 0) is 29.2 Å². The number of carbonyl (C=O) groups excluding carboxylic acids is 2. The molecular weight excluding hydrogens is 346 g/mol. The third-order valence-corrected chi connectivity index (χ3v) is 5.59. The van der Waals surface area contributed by atoms with Gasteiger partial charge in [0.2, 0.25) is 0 Å². The van der Waals surface area contributed by atoms with Gasteiger partial charge < -0.3 is 9.64 Å². The summed E-state index contributed by atoms with van der Waals surface area (Å²) < 4.78 is 4.86. The van der Waals surface area contributed by atoms with Crippen LogP contribution in [0.3, 0.4) is 0 Å². The highest BCUT2D eigenvalue weighted by Gasteiger charge is 2.36. The van der Waals surface area contributed by atoms with Gasteiger partial charge in [-0.2, -0.15) is 0 Å². The Bertz CT molecular complexity index is 788. The van der Waals surface area contributed by atoms with Crippen LogP contribution in [0.2, 0.25) is 0 Å². The van der Waals surface area contributed by atoms with Gasteiger partial charge in [-0.25, -0.2) is 4.79 Å². The molecule has 1 amide bonds. The molecule has 3 rings (SSSR count). The average Bonchev–Trinajstić information content (AvgIpc) is 3.17. The zero-order valence-corrected chi connectivity index (χ0v) is 15.9. The molecule has 0 radical (unpaired) electrons. The topological polar surface area (TPSA) is 46.6 Å². The number of hydrogen-bond acceptors (Lipinski definition) is 4. The molecule has 2 aromatic rings. The van der Waals surface area contributed by atoms with Gasteiger partial charge in [0, 0.05) is 11.3 Å². The molecule has 2 aromatic carbocycles. The number of rotatable bonds is 5. The minimum absolute atomic E-state index is 0.126. The van der Waals surface area contributed by atoms with Gasteiger partial charge in [0.05, 0.1) is 13.0 Å². The Labute approximate surface area is 158 Å². The molecule has 1 heterocycles. The molecule has 4 nitrogen and oxygen atoms in total. The number of methoxy groups -OCH3 is 1. The van der Waals surface area contributed by atoms with Crippen molar-refractivity contribution in [2.24, 2.45) is 0 Å². The van der Waals surface area contributed by atoms with E-state index in [0.717, 1.165) is 24.0 Å². The second kappa shape index (κ2) is 8.41. The Morgan fingerprint density at radius 1 is 1.15 bits per heavy atom. The van der Waals surface area contributed by atoms with E-state index in [1.54, 1.807) is 16.7 Å². The second-order valence-electron chi connectivity index (χ2n) is 6.31. The Balaban J connectivity index is 1.91. The first-order chi connectivity index (χ1) is 12.7. The van der Waals surface area contributed by atoms with Crippen LogP contribution in [0.1, 0.15) is 29.3 Å². The van der Waals surface area contributed by atoms with Crippen LogP contribution in [0.4, 0.5) is 0 Å². The van der Waals surface area contributed by atoms with Crippen molar-refractivity contribution in [3.63, 3.8) is 0 Å². The Morgan fingerprint density at radius 3 is 2.58 bits per heavy atom. The van der Waals surface area contributed by atoms with Crippen LogP contribution in [-0.4, -0.2) is 41.6 Å². The van der Waals surface area contributed by atoms with Crippen LogP contribution < -0.4 is 0 Å². The normalized spacial score (nSPS) is 16.5. The first-order valence-electron chi connectivity index (χ1n) is 8.80. The fraction of sp³-hybridized carbons (Fsp3) is 0.333. The molecule has 1 aliphatic heterocycles. The molecule has 0 aromatic heterocycles. The summed E-state index contributed by atoms with van der Waals surface area (Å²) in [5, 5.41) is 0. The molecule has 0 N–H and O–H groups in total. The molecule has 1 aliphatic rings. The van der Waals surface area contributed by atoms with E-state index in [9.17, 15) is 9.59 Å². The van der Waals surface area contributed by atoms with Crippen molar-refractivity contribution >= 4 is 23.6 Å². The van der Waals surface area contributed by atoms with E-state index in [2.05, 4.69) is 31.2 Å². The molecular formula is C21H23NO3S. The molecule has 5 heteroatoms. The lowest BCUT2D eigenvalue weighted by Gasteiger charge is -2.23. The molecule has 0 unspecified atom stereocenters. The van der Waals surface area contributed by atoms with Gasteiger partial charge in [0.15, 0.2) is 0 Å². The lowest BCUT2D eigenvalue weighted by molar-refractivity contribution is -0.144. The van der Waals surface area contributed by atoms with Crippen molar-refractivity contribution in [2.75, 3.05) is 18.7 Å². The van der Waals surface area contributed by atoms with Crippen molar-refractivity contribution < 1.29 is 14.3 Å². The van der Waals surface area contributed by atoms with Crippen molar-refractivity contribution in [2.45, 2.75) is 25.8 Å². The summed E-state index contributed by atoms with van der Waals surface area (Å²) in [6, 6.07) is 15.4. The van der Waals surface area contributed by atoms with Crippen molar-refractivity contribution in [3.05, 3.63) is 59.7 Å². The van der Waals surface area contributed by atoms with E-state index >= 15 is 0 Å². The van der Waals surface area contributed by atoms with Gasteiger partial charge in [-0.3, -0.25) is 4.79 Å². The van der Waals surface area contributed by atoms with Crippen LogP contribution in [-0.2, 0) is 16.0 Å². The average molecular weight is 369 g/mol. The van der Waals surface area contributed by atoms with E-state index in [1.807, 2.05) is 24.3 Å². The van der Waals surface area contributed by atoms with Crippen molar-refractivity contribution in [1.29, 1.82) is 0 Å². The number of amides is 1. The number of thioether (sulfide) groups is 1. The minimum Gasteiger partial charge on any atom is -0.467 e. The zero-order valence-electron chi connectivity index (χ0n) is 15.1. The van der Waals surface area contributed by atoms with E-state index in [0.29, 0.717) is 17.2 Å². The molecule has 136 valence electrons. The van der Waals surface area contributed by atoms with E-state index in [-0.39, 0.29) is 11.9 Å². The summed E-state index contributed by atoms with van der Waals surface area (Å²) in [5.74, 6) is 0.595. The summed E-state index contributed by atoms with van der Waals surface area (Å²) in [5.41, 5.74) is 3.81. The monoisotopic (exact) mass is 369 g/mol. The number of esters is 1. The predicted octanol–water partition coefficient (Wildman–Crippen LogP) is 3.99. The first-order valence-corrected chi connectivity index (χ1v) is 9.96. The van der Waals surface area contributed by atoms with Crippen LogP contribution >= 0.6 is 11.8 Å². The molecule has 26 heavy (non-hydrogen) atoms. The first kappa shape index (κ1) is 18.5. The quantitative estimate of drug-likeness (QED) is 0.748. The maximum atomic E-state index is 13.1. The highest BCUT2D eigenvalue weighted by atomic mass is 32.2. The lowest BCUT2D eigenvalue weighted by Crippen LogP contribution is -2.42. The summed E-state index contributed by atoms with van der Waals surface area (Å²) in [6.45, 7) is 2.16. The predicted molar refractivity (Wildman–Crippen MR) is 105 cm³/mol. The third-order valence-electron chi connectivity index (χ3n) is 4.58. The molecule has 0 bridgehead atoms. The molecule has 0 spiro atoms. The Hall–Kier alpha value is -2.27. The van der Waals surface area contributed by atoms with Gasteiger partial charge in [0.1, 0.15) is 6.04 Å². The summed E-state index contributed by atoms with van der Waals surface area (Å²) in [7, 11) is 1.36. The van der Waals surface area contributed by atoms with Crippen LogP contribution in [0, 0.1) is 0 Å². The molecule has 1 atom stereocenters. The van der Waals surface area contributed by atoms with Gasteiger partial charge in [-0.1, -0.05) is 55.8 Å². The number of nitrogens with zero attached hydrogens (tertiary/aromatic N) is 1. The highest BCUT2D eigenvalue weighted by Crippen LogP contribution is 2.29. The number of ether oxygens (including phenoxy) is 1. The fourth-order valence-corrected chi connectivity index (χ4v) is 4.33. The summed E-state index contributed by atoms with van der Waals surface area (Å²) >= 11 is 1.57.